The molecule has 9 nitrogen and oxygen atoms in total. The summed E-state index contributed by atoms with van der Waals surface area (Å²) < 4.78 is 5.25. The number of hydrogen-bond donors (Lipinski definition) is 3. The van der Waals surface area contributed by atoms with E-state index in [1.165, 1.54) is 0 Å². The Balaban J connectivity index is 1.54. The van der Waals surface area contributed by atoms with Gasteiger partial charge in [0.2, 0.25) is 23.7 Å². The lowest BCUT2D eigenvalue weighted by Crippen LogP contribution is -2.46. The highest BCUT2D eigenvalue weighted by Crippen LogP contribution is 2.22. The first-order chi connectivity index (χ1) is 14.9. The van der Waals surface area contributed by atoms with Gasteiger partial charge < -0.3 is 10.1 Å². The van der Waals surface area contributed by atoms with E-state index >= 15 is 0 Å². The Morgan fingerprint density at radius 3 is 2.65 bits per heavy atom. The molecule has 1 aliphatic rings. The molecule has 2 heterocycles. The normalized spacial score (nSPS) is 15.8. The molecular formula is C22H22N6O3. The quantitative estimate of drug-likeness (QED) is 0.599. The van der Waals surface area contributed by atoms with Crippen molar-refractivity contribution in [3.63, 3.8) is 0 Å². The average Bonchev–Trinajstić information content (AvgIpc) is 2.74. The summed E-state index contributed by atoms with van der Waals surface area (Å²) in [5, 5.41) is 9.19. The molecule has 0 unspecified atom stereocenters. The smallest absolute Gasteiger partial charge is 0.249 e. The highest BCUT2D eigenvalue weighted by molar-refractivity contribution is 6.09. The number of carbonyl (C=O) groups is 2. The van der Waals surface area contributed by atoms with Gasteiger partial charge in [0, 0.05) is 11.1 Å². The summed E-state index contributed by atoms with van der Waals surface area (Å²) in [6.07, 6.45) is -0.0414. The fraction of sp³-hybridized carbons (Fsp3) is 0.227. The zero-order valence-electron chi connectivity index (χ0n) is 17.4. The number of aliphatic imine (C=N–C) groups is 1. The van der Waals surface area contributed by atoms with Gasteiger partial charge in [-0.3, -0.25) is 20.2 Å². The largest absolute Gasteiger partial charge is 0.497 e. The molecule has 0 radical (unpaired) electrons. The van der Waals surface area contributed by atoms with E-state index in [0.717, 1.165) is 16.6 Å². The molecule has 158 valence electrons. The Bertz CT molecular complexity index is 1190. The molecule has 2 aromatic carbocycles. The summed E-state index contributed by atoms with van der Waals surface area (Å²) >= 11 is 0. The van der Waals surface area contributed by atoms with Gasteiger partial charge in [-0.25, -0.2) is 15.0 Å². The number of nitrogens with zero attached hydrogens (tertiary/aromatic N) is 3. The molecule has 0 bridgehead atoms. The summed E-state index contributed by atoms with van der Waals surface area (Å²) in [5.74, 6) is 0.442. The standard InChI is InChI=1S/C22H22N6O3/c1-12-4-6-14(7-5-12)24-20(30)18-11-19(29)27-22(26-18)28-21-23-13(2)16-10-15(31-3)8-9-17(16)25-21/h4-10,18H,11H2,1-3H3,(H,24,30)(H2,23,25,26,27,28,29)/t18-/m0/s1. The summed E-state index contributed by atoms with van der Waals surface area (Å²) in [4.78, 5) is 38.0. The van der Waals surface area contributed by atoms with E-state index in [0.29, 0.717) is 17.0 Å². The molecular weight excluding hydrogens is 396 g/mol. The van der Waals surface area contributed by atoms with Crippen molar-refractivity contribution < 1.29 is 14.3 Å². The lowest BCUT2D eigenvalue weighted by Gasteiger charge is -2.21. The lowest BCUT2D eigenvalue weighted by molar-refractivity contribution is -0.124. The third kappa shape index (κ3) is 4.61. The Labute approximate surface area is 179 Å². The van der Waals surface area contributed by atoms with Crippen molar-refractivity contribution in [1.29, 1.82) is 0 Å². The Kier molecular flexibility index (Phi) is 5.48. The number of amides is 2. The van der Waals surface area contributed by atoms with E-state index in [1.54, 1.807) is 19.2 Å². The summed E-state index contributed by atoms with van der Waals surface area (Å²) in [6, 6.07) is 12.0. The van der Waals surface area contributed by atoms with Gasteiger partial charge >= 0.3 is 0 Å². The van der Waals surface area contributed by atoms with Crippen molar-refractivity contribution >= 4 is 40.3 Å². The first kappa shape index (κ1) is 20.3. The number of fused-ring (bicyclic) bond motifs is 1. The number of guanidine groups is 1. The molecule has 3 N–H and O–H groups in total. The van der Waals surface area contributed by atoms with Crippen LogP contribution in [0.5, 0.6) is 5.75 Å². The number of benzene rings is 2. The van der Waals surface area contributed by atoms with Crippen LogP contribution in [0.25, 0.3) is 10.9 Å². The minimum Gasteiger partial charge on any atom is -0.497 e. The van der Waals surface area contributed by atoms with Crippen molar-refractivity contribution in [2.75, 3.05) is 17.7 Å². The monoisotopic (exact) mass is 418 g/mol. The van der Waals surface area contributed by atoms with E-state index in [9.17, 15) is 9.59 Å². The van der Waals surface area contributed by atoms with Crippen LogP contribution in [0, 0.1) is 13.8 Å². The summed E-state index contributed by atoms with van der Waals surface area (Å²) in [5.41, 5.74) is 3.19. The number of aromatic nitrogens is 2. The molecule has 9 heteroatoms. The SMILES string of the molecule is COc1ccc2nc(NC3=N[C@H](C(=O)Nc4ccc(C)cc4)CC(=O)N3)nc(C)c2c1. The van der Waals surface area contributed by atoms with Gasteiger partial charge in [-0.05, 0) is 44.2 Å². The zero-order chi connectivity index (χ0) is 22.0. The van der Waals surface area contributed by atoms with E-state index in [1.807, 2.05) is 44.2 Å². The maximum absolute atomic E-state index is 12.6. The molecule has 0 spiro atoms. The minimum atomic E-state index is -0.858. The second kappa shape index (κ2) is 8.39. The number of nitrogens with one attached hydrogen (secondary N) is 3. The number of methoxy groups -OCH3 is 1. The van der Waals surface area contributed by atoms with Crippen molar-refractivity contribution in [3.8, 4) is 5.75 Å². The number of hydrogen-bond acceptors (Lipinski definition) is 7. The van der Waals surface area contributed by atoms with Crippen LogP contribution in [-0.2, 0) is 9.59 Å². The van der Waals surface area contributed by atoms with Gasteiger partial charge in [0.25, 0.3) is 0 Å². The molecule has 1 aliphatic heterocycles. The molecule has 1 aromatic heterocycles. The fourth-order valence-electron chi connectivity index (χ4n) is 3.22. The predicted octanol–water partition coefficient (Wildman–Crippen LogP) is 2.55. The van der Waals surface area contributed by atoms with Crippen LogP contribution in [0.3, 0.4) is 0 Å². The number of ether oxygens (including phenoxy) is 1. The van der Waals surface area contributed by atoms with Gasteiger partial charge in [0.05, 0.1) is 24.7 Å². The van der Waals surface area contributed by atoms with Gasteiger partial charge in [-0.15, -0.1) is 0 Å². The Hall–Kier alpha value is -4.01. The minimum absolute atomic E-state index is 0.0414. The molecule has 4 rings (SSSR count). The summed E-state index contributed by atoms with van der Waals surface area (Å²) in [6.45, 7) is 3.82. The molecule has 2 amide bonds. The van der Waals surface area contributed by atoms with E-state index < -0.39 is 6.04 Å². The Morgan fingerprint density at radius 2 is 1.90 bits per heavy atom. The maximum Gasteiger partial charge on any atom is 0.249 e. The number of aryl methyl sites for hydroxylation is 2. The van der Waals surface area contributed by atoms with Gasteiger partial charge in [0.15, 0.2) is 0 Å². The maximum atomic E-state index is 12.6. The zero-order valence-corrected chi connectivity index (χ0v) is 17.4. The number of carbonyl (C=O) groups excluding carboxylic acids is 2. The highest BCUT2D eigenvalue weighted by Gasteiger charge is 2.27. The molecule has 3 aromatic rings. The molecule has 1 atom stereocenters. The van der Waals surface area contributed by atoms with Crippen LogP contribution in [0.4, 0.5) is 11.6 Å². The fourth-order valence-corrected chi connectivity index (χ4v) is 3.22. The van der Waals surface area contributed by atoms with Crippen molar-refractivity contribution in [1.82, 2.24) is 15.3 Å². The number of anilines is 2. The topological polar surface area (TPSA) is 118 Å². The van der Waals surface area contributed by atoms with Gasteiger partial charge in [-0.2, -0.15) is 0 Å². The molecule has 0 saturated heterocycles. The predicted molar refractivity (Wildman–Crippen MR) is 118 cm³/mol. The van der Waals surface area contributed by atoms with Gasteiger partial charge in [0.1, 0.15) is 11.8 Å². The third-order valence-electron chi connectivity index (χ3n) is 4.87. The second-order valence-electron chi connectivity index (χ2n) is 7.24. The van der Waals surface area contributed by atoms with Crippen molar-refractivity contribution in [3.05, 3.63) is 53.7 Å². The van der Waals surface area contributed by atoms with E-state index in [4.69, 9.17) is 4.74 Å². The average molecular weight is 418 g/mol. The molecule has 0 aliphatic carbocycles. The van der Waals surface area contributed by atoms with Crippen molar-refractivity contribution in [2.24, 2.45) is 4.99 Å². The van der Waals surface area contributed by atoms with Crippen LogP contribution in [0.1, 0.15) is 17.7 Å². The first-order valence-electron chi connectivity index (χ1n) is 9.76. The van der Waals surface area contributed by atoms with Crippen LogP contribution < -0.4 is 20.7 Å². The lowest BCUT2D eigenvalue weighted by atomic mass is 10.1. The molecule has 31 heavy (non-hydrogen) atoms. The van der Waals surface area contributed by atoms with E-state index in [2.05, 4.69) is 30.9 Å². The second-order valence-corrected chi connectivity index (χ2v) is 7.24. The highest BCUT2D eigenvalue weighted by atomic mass is 16.5. The summed E-state index contributed by atoms with van der Waals surface area (Å²) in [7, 11) is 1.60. The van der Waals surface area contributed by atoms with Crippen LogP contribution >= 0.6 is 0 Å². The number of rotatable bonds is 4. The van der Waals surface area contributed by atoms with Crippen molar-refractivity contribution in [2.45, 2.75) is 26.3 Å². The van der Waals surface area contributed by atoms with Crippen LogP contribution in [-0.4, -0.2) is 40.9 Å². The van der Waals surface area contributed by atoms with Crippen LogP contribution in [0.15, 0.2) is 47.5 Å². The van der Waals surface area contributed by atoms with Gasteiger partial charge in [-0.1, -0.05) is 17.7 Å². The van der Waals surface area contributed by atoms with Crippen LogP contribution in [0.2, 0.25) is 0 Å². The first-order valence-corrected chi connectivity index (χ1v) is 9.76. The third-order valence-corrected chi connectivity index (χ3v) is 4.87. The van der Waals surface area contributed by atoms with E-state index in [-0.39, 0.29) is 30.1 Å². The molecule has 0 saturated carbocycles. The molecule has 0 fully saturated rings. The Morgan fingerprint density at radius 1 is 1.13 bits per heavy atom.